The first-order valence-corrected chi connectivity index (χ1v) is 8.41. The minimum Gasteiger partial charge on any atom is -0.391 e. The van der Waals surface area contributed by atoms with Crippen molar-refractivity contribution in [2.75, 3.05) is 6.61 Å². The largest absolute Gasteiger partial charge is 0.391 e. The minimum absolute atomic E-state index is 0.241. The summed E-state index contributed by atoms with van der Waals surface area (Å²) in [5.74, 6) is -1.02. The number of aryl methyl sites for hydroxylation is 1. The van der Waals surface area contributed by atoms with Gasteiger partial charge in [-0.1, -0.05) is 30.3 Å². The Balaban J connectivity index is 1.76. The summed E-state index contributed by atoms with van der Waals surface area (Å²) in [7, 11) is 0. The van der Waals surface area contributed by atoms with Gasteiger partial charge in [-0.3, -0.25) is 13.9 Å². The first-order chi connectivity index (χ1) is 12.1. The topological polar surface area (TPSA) is 73.5 Å². The Labute approximate surface area is 144 Å². The smallest absolute Gasteiger partial charge is 0.333 e. The third-order valence-electron chi connectivity index (χ3n) is 4.37. The van der Waals surface area contributed by atoms with Crippen molar-refractivity contribution in [2.24, 2.45) is 0 Å². The van der Waals surface area contributed by atoms with E-state index < -0.39 is 29.4 Å². The Bertz CT molecular complexity index is 825. The predicted molar refractivity (Wildman–Crippen MR) is 89.9 cm³/mol. The van der Waals surface area contributed by atoms with Gasteiger partial charge in [-0.15, -0.1) is 0 Å². The van der Waals surface area contributed by atoms with Crippen LogP contribution < -0.4 is 11.2 Å². The van der Waals surface area contributed by atoms with Gasteiger partial charge in [0, 0.05) is 6.61 Å². The van der Waals surface area contributed by atoms with E-state index in [9.17, 15) is 19.1 Å². The standard InChI is InChI=1S/C18H21FN2O4/c19-15-12-20(16-7-4-10-25-16)18(24)21(17(15)23)11-14(22)9-8-13-5-2-1-3-6-13/h1-3,5-6,12,14,16,22H,4,7-11H2/t14-,16-/m0/s1. The van der Waals surface area contributed by atoms with Gasteiger partial charge in [0.15, 0.2) is 0 Å². The van der Waals surface area contributed by atoms with Gasteiger partial charge < -0.3 is 9.84 Å². The molecule has 2 heterocycles. The van der Waals surface area contributed by atoms with Gasteiger partial charge in [-0.2, -0.15) is 4.39 Å². The van der Waals surface area contributed by atoms with Crippen molar-refractivity contribution >= 4 is 0 Å². The SMILES string of the molecule is O=c1c(F)cn([C@@H]2CCCO2)c(=O)n1C[C@@H](O)CCc1ccccc1. The molecule has 6 nitrogen and oxygen atoms in total. The van der Waals surface area contributed by atoms with E-state index in [1.807, 2.05) is 30.3 Å². The molecule has 1 aliphatic rings. The first-order valence-electron chi connectivity index (χ1n) is 8.41. The Morgan fingerprint density at radius 2 is 2.04 bits per heavy atom. The maximum absolute atomic E-state index is 13.9. The van der Waals surface area contributed by atoms with E-state index in [0.717, 1.165) is 27.3 Å². The third-order valence-corrected chi connectivity index (χ3v) is 4.37. The summed E-state index contributed by atoms with van der Waals surface area (Å²) < 4.78 is 21.2. The summed E-state index contributed by atoms with van der Waals surface area (Å²) in [5, 5.41) is 10.2. The van der Waals surface area contributed by atoms with E-state index >= 15 is 0 Å². The highest BCUT2D eigenvalue weighted by molar-refractivity contribution is 5.14. The molecule has 0 bridgehead atoms. The molecule has 2 aromatic rings. The minimum atomic E-state index is -1.02. The number of hydrogen-bond acceptors (Lipinski definition) is 4. The Hall–Kier alpha value is -2.25. The predicted octanol–water partition coefficient (Wildman–Crippen LogP) is 1.45. The average Bonchev–Trinajstić information content (AvgIpc) is 3.15. The Morgan fingerprint density at radius 3 is 2.72 bits per heavy atom. The maximum Gasteiger partial charge on any atom is 0.333 e. The van der Waals surface area contributed by atoms with Crippen molar-refractivity contribution in [1.29, 1.82) is 0 Å². The van der Waals surface area contributed by atoms with E-state index in [2.05, 4.69) is 0 Å². The van der Waals surface area contributed by atoms with E-state index in [-0.39, 0.29) is 6.54 Å². The maximum atomic E-state index is 13.9. The van der Waals surface area contributed by atoms with Crippen LogP contribution in [0.25, 0.3) is 0 Å². The second-order valence-corrected chi connectivity index (χ2v) is 6.23. The quantitative estimate of drug-likeness (QED) is 0.858. The van der Waals surface area contributed by atoms with Crippen molar-refractivity contribution in [3.63, 3.8) is 0 Å². The lowest BCUT2D eigenvalue weighted by Gasteiger charge is -2.17. The molecule has 0 amide bonds. The number of hydrogen-bond donors (Lipinski definition) is 1. The van der Waals surface area contributed by atoms with Crippen LogP contribution >= 0.6 is 0 Å². The van der Waals surface area contributed by atoms with Gasteiger partial charge in [-0.05, 0) is 31.2 Å². The van der Waals surface area contributed by atoms with Crippen molar-refractivity contribution in [2.45, 2.75) is 44.6 Å². The Kier molecular flexibility index (Phi) is 5.45. The number of aromatic nitrogens is 2. The van der Waals surface area contributed by atoms with E-state index in [1.54, 1.807) is 0 Å². The summed E-state index contributed by atoms with van der Waals surface area (Å²) in [5.41, 5.74) is -0.625. The second kappa shape index (κ2) is 7.76. The molecule has 3 rings (SSSR count). The molecule has 0 aliphatic carbocycles. The van der Waals surface area contributed by atoms with Crippen LogP contribution in [-0.2, 0) is 17.7 Å². The molecule has 0 saturated carbocycles. The summed E-state index contributed by atoms with van der Waals surface area (Å²) >= 11 is 0. The molecule has 1 fully saturated rings. The molecular weight excluding hydrogens is 327 g/mol. The molecule has 1 aliphatic heterocycles. The fourth-order valence-electron chi connectivity index (χ4n) is 3.02. The molecule has 7 heteroatoms. The van der Waals surface area contributed by atoms with Crippen molar-refractivity contribution in [3.05, 3.63) is 68.7 Å². The van der Waals surface area contributed by atoms with Crippen LogP contribution in [0.1, 0.15) is 31.1 Å². The lowest BCUT2D eigenvalue weighted by molar-refractivity contribution is 0.0490. The zero-order valence-corrected chi connectivity index (χ0v) is 13.8. The van der Waals surface area contributed by atoms with Gasteiger partial charge in [0.2, 0.25) is 5.82 Å². The van der Waals surface area contributed by atoms with Crippen molar-refractivity contribution in [3.8, 4) is 0 Å². The molecule has 1 saturated heterocycles. The molecule has 25 heavy (non-hydrogen) atoms. The zero-order chi connectivity index (χ0) is 17.8. The molecule has 0 spiro atoms. The number of rotatable bonds is 6. The summed E-state index contributed by atoms with van der Waals surface area (Å²) in [6.45, 7) is 0.256. The summed E-state index contributed by atoms with van der Waals surface area (Å²) in [4.78, 5) is 24.5. The number of aliphatic hydroxyl groups is 1. The lowest BCUT2D eigenvalue weighted by atomic mass is 10.1. The van der Waals surface area contributed by atoms with Crippen LogP contribution in [0.15, 0.2) is 46.1 Å². The Morgan fingerprint density at radius 1 is 1.28 bits per heavy atom. The number of aliphatic hydroxyl groups excluding tert-OH is 1. The van der Waals surface area contributed by atoms with Gasteiger partial charge >= 0.3 is 5.69 Å². The first kappa shape index (κ1) is 17.6. The third kappa shape index (κ3) is 4.05. The number of nitrogens with zero attached hydrogens (tertiary/aromatic N) is 2. The number of ether oxygens (including phenoxy) is 1. The summed E-state index contributed by atoms with van der Waals surface area (Å²) in [6.07, 6.45) is 1.75. The van der Waals surface area contributed by atoms with Crippen LogP contribution in [0.3, 0.4) is 0 Å². The monoisotopic (exact) mass is 348 g/mol. The molecule has 134 valence electrons. The van der Waals surface area contributed by atoms with Crippen LogP contribution in [0.5, 0.6) is 0 Å². The van der Waals surface area contributed by atoms with Crippen LogP contribution in [0, 0.1) is 5.82 Å². The fraction of sp³-hybridized carbons (Fsp3) is 0.444. The molecule has 0 radical (unpaired) electrons. The average molecular weight is 348 g/mol. The van der Waals surface area contributed by atoms with Crippen LogP contribution in [-0.4, -0.2) is 27.0 Å². The highest BCUT2D eigenvalue weighted by atomic mass is 19.1. The van der Waals surface area contributed by atoms with Crippen molar-refractivity contribution < 1.29 is 14.2 Å². The van der Waals surface area contributed by atoms with Gasteiger partial charge in [-0.25, -0.2) is 4.79 Å². The fourth-order valence-corrected chi connectivity index (χ4v) is 3.02. The molecule has 1 N–H and O–H groups in total. The van der Waals surface area contributed by atoms with Crippen LogP contribution in [0.4, 0.5) is 4.39 Å². The molecule has 1 aromatic heterocycles. The highest BCUT2D eigenvalue weighted by Gasteiger charge is 2.23. The number of halogens is 1. The van der Waals surface area contributed by atoms with Gasteiger partial charge in [0.05, 0.1) is 18.8 Å². The second-order valence-electron chi connectivity index (χ2n) is 6.23. The van der Waals surface area contributed by atoms with Crippen molar-refractivity contribution in [1.82, 2.24) is 9.13 Å². The summed E-state index contributed by atoms with van der Waals surface area (Å²) in [6, 6.07) is 9.58. The van der Waals surface area contributed by atoms with Crippen LogP contribution in [0.2, 0.25) is 0 Å². The number of benzene rings is 1. The van der Waals surface area contributed by atoms with Gasteiger partial charge in [0.1, 0.15) is 6.23 Å². The molecular formula is C18H21FN2O4. The zero-order valence-electron chi connectivity index (χ0n) is 13.8. The van der Waals surface area contributed by atoms with E-state index in [4.69, 9.17) is 4.74 Å². The van der Waals surface area contributed by atoms with E-state index in [0.29, 0.717) is 25.9 Å². The van der Waals surface area contributed by atoms with Gasteiger partial charge in [0.25, 0.3) is 5.56 Å². The molecule has 0 unspecified atom stereocenters. The lowest BCUT2D eigenvalue weighted by Crippen LogP contribution is -2.44. The molecule has 1 aromatic carbocycles. The normalized spacial score (nSPS) is 18.4. The van der Waals surface area contributed by atoms with E-state index in [1.165, 1.54) is 0 Å². The molecule has 2 atom stereocenters. The highest BCUT2D eigenvalue weighted by Crippen LogP contribution is 2.20.